The van der Waals surface area contributed by atoms with E-state index in [9.17, 15) is 9.59 Å². The maximum Gasteiger partial charge on any atom is 0.343 e. The van der Waals surface area contributed by atoms with Gasteiger partial charge in [0.05, 0.1) is 30.4 Å². The van der Waals surface area contributed by atoms with Crippen molar-refractivity contribution in [2.45, 2.75) is 57.8 Å². The molecule has 7 aromatic carbocycles. The van der Waals surface area contributed by atoms with Gasteiger partial charge < -0.3 is 14.2 Å². The SMILES string of the molecule is N#Cc1ccc(-c2ccc(OC(=O)c3ccc(OCCCCCCCCOC(=O)CCCc4ccc5ccc6cccc7ccc4c5c67)cc3)cc2)cc1. The molecule has 0 fully saturated rings. The molecule has 54 heavy (non-hydrogen) atoms. The number of nitrogens with zero attached hydrogens (tertiary/aromatic N) is 1. The van der Waals surface area contributed by atoms with Gasteiger partial charge in [-0.1, -0.05) is 105 Å². The zero-order valence-electron chi connectivity index (χ0n) is 30.4. The van der Waals surface area contributed by atoms with E-state index in [1.165, 1.54) is 37.9 Å². The lowest BCUT2D eigenvalue weighted by molar-refractivity contribution is -0.143. The molecule has 0 heterocycles. The number of hydrogen-bond donors (Lipinski definition) is 0. The summed E-state index contributed by atoms with van der Waals surface area (Å²) in [6.45, 7) is 1.10. The van der Waals surface area contributed by atoms with Gasteiger partial charge in [0.2, 0.25) is 0 Å². The van der Waals surface area contributed by atoms with E-state index in [1.54, 1.807) is 48.5 Å². The van der Waals surface area contributed by atoms with Crippen molar-refractivity contribution in [2.24, 2.45) is 0 Å². The van der Waals surface area contributed by atoms with Gasteiger partial charge in [0.25, 0.3) is 0 Å². The summed E-state index contributed by atoms with van der Waals surface area (Å²) in [4.78, 5) is 25.1. The van der Waals surface area contributed by atoms with Crippen LogP contribution in [0.5, 0.6) is 11.5 Å². The Morgan fingerprint density at radius 2 is 1.15 bits per heavy atom. The fraction of sp³-hybridized carbons (Fsp3) is 0.229. The quantitative estimate of drug-likeness (QED) is 0.0404. The highest BCUT2D eigenvalue weighted by atomic mass is 16.5. The van der Waals surface area contributed by atoms with Crippen molar-refractivity contribution in [2.75, 3.05) is 13.2 Å². The van der Waals surface area contributed by atoms with Crippen molar-refractivity contribution in [1.29, 1.82) is 5.26 Å². The lowest BCUT2D eigenvalue weighted by atomic mass is 9.90. The average molecular weight is 714 g/mol. The number of carbonyl (C=O) groups excluding carboxylic acids is 2. The highest BCUT2D eigenvalue weighted by molar-refractivity contribution is 6.23. The number of rotatable bonds is 17. The van der Waals surface area contributed by atoms with Crippen molar-refractivity contribution < 1.29 is 23.8 Å². The van der Waals surface area contributed by atoms with Crippen LogP contribution in [-0.4, -0.2) is 25.2 Å². The van der Waals surface area contributed by atoms with Crippen LogP contribution >= 0.6 is 0 Å². The Morgan fingerprint density at radius 3 is 1.85 bits per heavy atom. The molecule has 6 heteroatoms. The largest absolute Gasteiger partial charge is 0.494 e. The first-order valence-electron chi connectivity index (χ1n) is 18.9. The molecule has 7 aromatic rings. The summed E-state index contributed by atoms with van der Waals surface area (Å²) >= 11 is 0. The second kappa shape index (κ2) is 17.6. The van der Waals surface area contributed by atoms with E-state index in [4.69, 9.17) is 19.5 Å². The average Bonchev–Trinajstić information content (AvgIpc) is 3.21. The highest BCUT2D eigenvalue weighted by Gasteiger charge is 2.12. The first kappa shape index (κ1) is 36.2. The summed E-state index contributed by atoms with van der Waals surface area (Å²) in [7, 11) is 0. The van der Waals surface area contributed by atoms with Crippen LogP contribution in [0.1, 0.15) is 72.9 Å². The monoisotopic (exact) mass is 713 g/mol. The van der Waals surface area contributed by atoms with Gasteiger partial charge >= 0.3 is 11.9 Å². The zero-order valence-corrected chi connectivity index (χ0v) is 30.4. The summed E-state index contributed by atoms with van der Waals surface area (Å²) in [6.07, 6.45) is 8.21. The number of aryl methyl sites for hydroxylation is 1. The fourth-order valence-electron chi connectivity index (χ4n) is 7.10. The fourth-order valence-corrected chi connectivity index (χ4v) is 7.10. The van der Waals surface area contributed by atoms with E-state index in [1.807, 2.05) is 24.3 Å². The second-order valence-electron chi connectivity index (χ2n) is 13.8. The van der Waals surface area contributed by atoms with Crippen LogP contribution in [0, 0.1) is 11.3 Å². The Bertz CT molecular complexity index is 2360. The predicted octanol–water partition coefficient (Wildman–Crippen LogP) is 11.6. The van der Waals surface area contributed by atoms with Crippen molar-refractivity contribution in [3.63, 3.8) is 0 Å². The third-order valence-electron chi connectivity index (χ3n) is 10.0. The zero-order chi connectivity index (χ0) is 37.1. The van der Waals surface area contributed by atoms with Crippen LogP contribution in [0.3, 0.4) is 0 Å². The molecular formula is C48H43NO5. The minimum atomic E-state index is -0.432. The third kappa shape index (κ3) is 8.87. The molecule has 0 atom stereocenters. The lowest BCUT2D eigenvalue weighted by Gasteiger charge is -2.14. The number of unbranched alkanes of at least 4 members (excludes halogenated alkanes) is 5. The third-order valence-corrected chi connectivity index (χ3v) is 10.0. The van der Waals surface area contributed by atoms with Crippen molar-refractivity contribution in [1.82, 2.24) is 0 Å². The van der Waals surface area contributed by atoms with Gasteiger partial charge in [0, 0.05) is 6.42 Å². The molecule has 0 bridgehead atoms. The predicted molar refractivity (Wildman–Crippen MR) is 215 cm³/mol. The molecule has 0 radical (unpaired) electrons. The second-order valence-corrected chi connectivity index (χ2v) is 13.8. The van der Waals surface area contributed by atoms with Gasteiger partial charge in [-0.3, -0.25) is 4.79 Å². The Kier molecular flexibility index (Phi) is 11.8. The molecule has 0 amide bonds. The molecule has 0 N–H and O–H groups in total. The Balaban J connectivity index is 0.728. The van der Waals surface area contributed by atoms with Crippen molar-refractivity contribution in [3.05, 3.63) is 144 Å². The van der Waals surface area contributed by atoms with E-state index in [-0.39, 0.29) is 5.97 Å². The normalized spacial score (nSPS) is 11.2. The van der Waals surface area contributed by atoms with Crippen LogP contribution in [0.15, 0.2) is 127 Å². The summed E-state index contributed by atoms with van der Waals surface area (Å²) in [5.41, 5.74) is 4.30. The van der Waals surface area contributed by atoms with Gasteiger partial charge in [-0.25, -0.2) is 4.79 Å². The summed E-state index contributed by atoms with van der Waals surface area (Å²) in [5, 5.41) is 16.7. The summed E-state index contributed by atoms with van der Waals surface area (Å²) < 4.78 is 17.0. The number of benzene rings is 7. The molecule has 0 unspecified atom stereocenters. The first-order chi connectivity index (χ1) is 26.6. The molecule has 0 saturated carbocycles. The van der Waals surface area contributed by atoms with E-state index in [0.717, 1.165) is 68.2 Å². The van der Waals surface area contributed by atoms with Gasteiger partial charge in [-0.2, -0.15) is 5.26 Å². The van der Waals surface area contributed by atoms with Gasteiger partial charge in [-0.05, 0) is 123 Å². The van der Waals surface area contributed by atoms with Gasteiger partial charge in [0.15, 0.2) is 0 Å². The van der Waals surface area contributed by atoms with Gasteiger partial charge in [-0.15, -0.1) is 0 Å². The summed E-state index contributed by atoms with van der Waals surface area (Å²) in [5.74, 6) is 0.636. The van der Waals surface area contributed by atoms with E-state index < -0.39 is 5.97 Å². The first-order valence-corrected chi connectivity index (χ1v) is 18.9. The maximum atomic E-state index is 12.7. The minimum Gasteiger partial charge on any atom is -0.494 e. The van der Waals surface area contributed by atoms with Crippen LogP contribution in [0.4, 0.5) is 0 Å². The topological polar surface area (TPSA) is 85.6 Å². The Hall–Kier alpha value is -6.19. The standard InChI is InChI=1S/C48H43NO5/c49-33-34-13-15-35(16-14-34)36-21-28-43(29-22-36)54-48(51)41-23-26-42(27-24-41)52-31-5-3-1-2-4-6-32-53-45(50)12-8-9-37-17-18-40-20-19-38-10-7-11-39-25-30-44(37)47(40)46(38)39/h7,10-11,13-30H,1-6,8-9,12,31-32H2. The number of ether oxygens (including phenoxy) is 3. The number of carbonyl (C=O) groups is 2. The number of esters is 2. The molecule has 0 spiro atoms. The number of nitriles is 1. The minimum absolute atomic E-state index is 0.110. The van der Waals surface area contributed by atoms with Crippen LogP contribution in [0.25, 0.3) is 43.4 Å². The lowest BCUT2D eigenvalue weighted by Crippen LogP contribution is -2.08. The molecule has 0 aliphatic rings. The van der Waals surface area contributed by atoms with E-state index in [2.05, 4.69) is 60.7 Å². The molecule has 0 aliphatic heterocycles. The summed E-state index contributed by atoms with van der Waals surface area (Å²) in [6, 6.07) is 43.5. The van der Waals surface area contributed by atoms with Crippen molar-refractivity contribution in [3.8, 4) is 28.7 Å². The number of hydrogen-bond acceptors (Lipinski definition) is 6. The van der Waals surface area contributed by atoms with E-state index >= 15 is 0 Å². The highest BCUT2D eigenvalue weighted by Crippen LogP contribution is 2.36. The smallest absolute Gasteiger partial charge is 0.343 e. The molecule has 0 aromatic heterocycles. The molecule has 0 saturated heterocycles. The molecule has 6 nitrogen and oxygen atoms in total. The van der Waals surface area contributed by atoms with Crippen LogP contribution < -0.4 is 9.47 Å². The Labute approximate surface area is 316 Å². The maximum absolute atomic E-state index is 12.7. The van der Waals surface area contributed by atoms with Crippen molar-refractivity contribution >= 4 is 44.3 Å². The Morgan fingerprint density at radius 1 is 0.556 bits per heavy atom. The van der Waals surface area contributed by atoms with E-state index in [0.29, 0.717) is 36.5 Å². The molecule has 7 rings (SSSR count). The molecule has 270 valence electrons. The van der Waals surface area contributed by atoms with Gasteiger partial charge in [0.1, 0.15) is 11.5 Å². The van der Waals surface area contributed by atoms with Crippen LogP contribution in [0.2, 0.25) is 0 Å². The molecular weight excluding hydrogens is 671 g/mol. The van der Waals surface area contributed by atoms with Crippen LogP contribution in [-0.2, 0) is 16.0 Å². The molecule has 0 aliphatic carbocycles.